The molecule has 8 rings (SSSR count). The largest absolute Gasteiger partial charge is 0.491 e. The Morgan fingerprint density at radius 2 is 2.06 bits per heavy atom. The number of halogens is 3. The van der Waals surface area contributed by atoms with Crippen LogP contribution in [0, 0.1) is 28.9 Å². The molecule has 0 radical (unpaired) electrons. The summed E-state index contributed by atoms with van der Waals surface area (Å²) >= 11 is 7.99. The minimum Gasteiger partial charge on any atom is -0.491 e. The SMILES string of the molecule is C[C@H]1CN2CCCC2(COc2nc3c4c(c(Cl)c(-c5ccc(F)c6sc(N)c(C#N)c56)c(F)c4n2)OCCC2CC(C)(O)CCN32)C1. The van der Waals surface area contributed by atoms with E-state index in [0.29, 0.717) is 49.5 Å². The fraction of sp³-hybridized carbons (Fsp3) is 0.500. The summed E-state index contributed by atoms with van der Waals surface area (Å²) in [6.07, 6.45) is 4.66. The van der Waals surface area contributed by atoms with Crippen molar-refractivity contribution < 1.29 is 23.4 Å². The molecule has 4 aliphatic rings. The molecule has 3 unspecified atom stereocenters. The molecule has 4 aromatic rings. The third-order valence-electron chi connectivity index (χ3n) is 10.6. The summed E-state index contributed by atoms with van der Waals surface area (Å²) in [5, 5.41) is 21.5. The number of thiophene rings is 1. The number of aromatic nitrogens is 2. The van der Waals surface area contributed by atoms with Crippen LogP contribution in [-0.4, -0.2) is 70.0 Å². The molecule has 3 saturated heterocycles. The summed E-state index contributed by atoms with van der Waals surface area (Å²) in [5.41, 5.74) is 5.31. The van der Waals surface area contributed by atoms with E-state index in [1.165, 1.54) is 12.1 Å². The number of anilines is 2. The average molecular weight is 681 g/mol. The predicted octanol–water partition coefficient (Wildman–Crippen LogP) is 6.65. The Hall–Kier alpha value is -3.50. The van der Waals surface area contributed by atoms with Crippen LogP contribution >= 0.6 is 22.9 Å². The summed E-state index contributed by atoms with van der Waals surface area (Å²) in [6.45, 7) is 7.23. The van der Waals surface area contributed by atoms with E-state index in [9.17, 15) is 14.8 Å². The van der Waals surface area contributed by atoms with E-state index >= 15 is 4.39 Å². The van der Waals surface area contributed by atoms with Gasteiger partial charge in [-0.15, -0.1) is 11.3 Å². The van der Waals surface area contributed by atoms with E-state index in [-0.39, 0.29) is 72.3 Å². The molecule has 0 amide bonds. The van der Waals surface area contributed by atoms with Crippen LogP contribution in [0.1, 0.15) is 57.9 Å². The molecule has 3 N–H and O–H groups in total. The fourth-order valence-electron chi connectivity index (χ4n) is 8.51. The molecule has 13 heteroatoms. The minimum atomic E-state index is -0.861. The van der Waals surface area contributed by atoms with Gasteiger partial charge in [-0.1, -0.05) is 24.6 Å². The first-order valence-electron chi connectivity index (χ1n) is 16.1. The lowest BCUT2D eigenvalue weighted by Crippen LogP contribution is -2.50. The van der Waals surface area contributed by atoms with Gasteiger partial charge in [0.25, 0.3) is 0 Å². The molecule has 2 aromatic heterocycles. The topological polar surface area (TPSA) is 121 Å². The highest BCUT2D eigenvalue weighted by Crippen LogP contribution is 2.51. The predicted molar refractivity (Wildman–Crippen MR) is 178 cm³/mol. The van der Waals surface area contributed by atoms with Gasteiger partial charge in [0.15, 0.2) is 11.6 Å². The number of nitrogen functional groups attached to an aromatic ring is 1. The number of nitrogens with two attached hydrogens (primary N) is 1. The fourth-order valence-corrected chi connectivity index (χ4v) is 9.79. The van der Waals surface area contributed by atoms with E-state index in [1.807, 2.05) is 6.92 Å². The highest BCUT2D eigenvalue weighted by Gasteiger charge is 2.48. The van der Waals surface area contributed by atoms with Crippen LogP contribution < -0.4 is 20.1 Å². The number of hydrogen-bond acceptors (Lipinski definition) is 10. The molecule has 2 aromatic carbocycles. The standard InChI is InChI=1S/C34H35ClF2N6O3S/c1-17-12-34(7-3-9-42(34)15-17)16-46-32-40-27-24-28(45-11-6-18-13-33(2,44)8-10-43(18)31(24)41-32)25(35)23(26(27)37)19-4-5-21(36)29-22(19)20(14-38)30(39)47-29/h4-5,17-18,44H,3,6-13,15-16,39H2,1-2H3/t17-,18?,33?,34?/m1/s1. The lowest BCUT2D eigenvalue weighted by Gasteiger charge is -2.44. The van der Waals surface area contributed by atoms with Crippen molar-refractivity contribution in [1.82, 2.24) is 14.9 Å². The summed E-state index contributed by atoms with van der Waals surface area (Å²) in [6, 6.07) is 4.61. The molecule has 0 saturated carbocycles. The second-order valence-corrected chi connectivity index (χ2v) is 15.4. The van der Waals surface area contributed by atoms with E-state index in [0.717, 1.165) is 43.7 Å². The summed E-state index contributed by atoms with van der Waals surface area (Å²) < 4.78 is 45.1. The average Bonchev–Trinajstić information content (AvgIpc) is 3.66. The first kappa shape index (κ1) is 30.8. The van der Waals surface area contributed by atoms with Gasteiger partial charge >= 0.3 is 6.01 Å². The third-order valence-corrected chi connectivity index (χ3v) is 12.0. The van der Waals surface area contributed by atoms with Crippen LogP contribution in [0.4, 0.5) is 19.6 Å². The monoisotopic (exact) mass is 680 g/mol. The summed E-state index contributed by atoms with van der Waals surface area (Å²) in [4.78, 5) is 14.2. The molecule has 3 fully saturated rings. The maximum absolute atomic E-state index is 17.2. The molecule has 47 heavy (non-hydrogen) atoms. The lowest BCUT2D eigenvalue weighted by atomic mass is 9.86. The van der Waals surface area contributed by atoms with Crippen LogP contribution in [0.25, 0.3) is 32.1 Å². The number of rotatable bonds is 4. The number of nitrogens with zero attached hydrogens (tertiary/aromatic N) is 5. The van der Waals surface area contributed by atoms with Gasteiger partial charge in [-0.05, 0) is 63.1 Å². The maximum Gasteiger partial charge on any atom is 0.319 e. The number of fused-ring (bicyclic) bond motifs is 4. The smallest absolute Gasteiger partial charge is 0.319 e. The van der Waals surface area contributed by atoms with E-state index < -0.39 is 17.2 Å². The minimum absolute atomic E-state index is 0.0297. The van der Waals surface area contributed by atoms with Crippen molar-refractivity contribution in [1.29, 1.82) is 5.26 Å². The maximum atomic E-state index is 17.2. The molecule has 0 spiro atoms. The Kier molecular flexibility index (Phi) is 7.22. The van der Waals surface area contributed by atoms with Gasteiger partial charge in [-0.3, -0.25) is 4.90 Å². The van der Waals surface area contributed by atoms with Crippen molar-refractivity contribution in [3.63, 3.8) is 0 Å². The molecular weight excluding hydrogens is 646 g/mol. The second kappa shape index (κ2) is 11.0. The van der Waals surface area contributed by atoms with Gasteiger partial charge in [-0.2, -0.15) is 15.2 Å². The number of piperidine rings is 1. The lowest BCUT2D eigenvalue weighted by molar-refractivity contribution is 0.0189. The van der Waals surface area contributed by atoms with Gasteiger partial charge in [0.05, 0.1) is 38.4 Å². The number of hydrogen-bond donors (Lipinski definition) is 2. The Morgan fingerprint density at radius 3 is 2.87 bits per heavy atom. The van der Waals surface area contributed by atoms with Gasteiger partial charge in [0.2, 0.25) is 0 Å². The first-order valence-corrected chi connectivity index (χ1v) is 17.3. The summed E-state index contributed by atoms with van der Waals surface area (Å²) in [7, 11) is 0. The molecule has 0 bridgehead atoms. The molecule has 4 atom stereocenters. The molecule has 6 heterocycles. The molecule has 4 aliphatic heterocycles. The number of ether oxygens (including phenoxy) is 2. The molecule has 246 valence electrons. The van der Waals surface area contributed by atoms with Crippen molar-refractivity contribution >= 4 is 54.7 Å². The normalized spacial score (nSPS) is 27.3. The van der Waals surface area contributed by atoms with Crippen molar-refractivity contribution in [2.45, 2.75) is 69.6 Å². The van der Waals surface area contributed by atoms with Crippen LogP contribution in [0.15, 0.2) is 12.1 Å². The zero-order chi connectivity index (χ0) is 32.8. The molecule has 9 nitrogen and oxygen atoms in total. The van der Waals surface area contributed by atoms with E-state index in [4.69, 9.17) is 31.8 Å². The van der Waals surface area contributed by atoms with Crippen LogP contribution in [0.3, 0.4) is 0 Å². The highest BCUT2D eigenvalue weighted by atomic mass is 35.5. The van der Waals surface area contributed by atoms with Crippen LogP contribution in [0.2, 0.25) is 5.02 Å². The summed E-state index contributed by atoms with van der Waals surface area (Å²) in [5.74, 6) is -0.136. The van der Waals surface area contributed by atoms with Gasteiger partial charge in [0.1, 0.15) is 34.8 Å². The van der Waals surface area contributed by atoms with Crippen LogP contribution in [0.5, 0.6) is 11.8 Å². The number of benzene rings is 2. The van der Waals surface area contributed by atoms with Crippen molar-refractivity contribution in [3.8, 4) is 29.0 Å². The van der Waals surface area contributed by atoms with Crippen molar-refractivity contribution in [2.75, 3.05) is 43.5 Å². The third kappa shape index (κ3) is 4.80. The zero-order valence-corrected chi connectivity index (χ0v) is 27.8. The number of aliphatic hydroxyl groups is 1. The van der Waals surface area contributed by atoms with Crippen LogP contribution in [-0.2, 0) is 0 Å². The van der Waals surface area contributed by atoms with E-state index in [2.05, 4.69) is 27.8 Å². The Balaban J connectivity index is 1.35. The van der Waals surface area contributed by atoms with Crippen molar-refractivity contribution in [2.24, 2.45) is 5.92 Å². The second-order valence-electron chi connectivity index (χ2n) is 13.9. The van der Waals surface area contributed by atoms with Gasteiger partial charge in [0, 0.05) is 36.5 Å². The van der Waals surface area contributed by atoms with Gasteiger partial charge < -0.3 is 25.2 Å². The Bertz CT molecular complexity index is 2000. The molecular formula is C34H35ClF2N6O3S. The quantitative estimate of drug-likeness (QED) is 0.244. The van der Waals surface area contributed by atoms with Crippen molar-refractivity contribution in [3.05, 3.63) is 34.4 Å². The number of nitriles is 1. The zero-order valence-electron chi connectivity index (χ0n) is 26.2. The van der Waals surface area contributed by atoms with Gasteiger partial charge in [-0.25, -0.2) is 8.78 Å². The Labute approximate surface area is 279 Å². The highest BCUT2D eigenvalue weighted by molar-refractivity contribution is 7.23. The first-order chi connectivity index (χ1) is 22.5. The Morgan fingerprint density at radius 1 is 1.23 bits per heavy atom. The van der Waals surface area contributed by atoms with E-state index in [1.54, 1.807) is 0 Å². The molecule has 0 aliphatic carbocycles.